The van der Waals surface area contributed by atoms with E-state index in [1.807, 2.05) is 26.0 Å². The minimum atomic E-state index is -0.555. The second-order valence-corrected chi connectivity index (χ2v) is 5.74. The Bertz CT molecular complexity index is 664. The van der Waals surface area contributed by atoms with Crippen LogP contribution in [0.3, 0.4) is 0 Å². The number of anilines is 2. The summed E-state index contributed by atoms with van der Waals surface area (Å²) in [5, 5.41) is 8.14. The standard InChI is InChI=1S/C15H17N3O2S/c1-9(2)17-12-6-4-3-5-10(12)14(20)18-15-11(13(16)19)7-8-21-15/h3-9,17H,1-2H3,(H2,16,19)(H,18,20). The molecule has 0 saturated heterocycles. The van der Waals surface area contributed by atoms with Crippen LogP contribution >= 0.6 is 11.3 Å². The smallest absolute Gasteiger partial charge is 0.258 e. The largest absolute Gasteiger partial charge is 0.382 e. The number of benzene rings is 1. The maximum Gasteiger partial charge on any atom is 0.258 e. The van der Waals surface area contributed by atoms with Gasteiger partial charge in [-0.2, -0.15) is 0 Å². The Morgan fingerprint density at radius 3 is 2.52 bits per heavy atom. The number of para-hydroxylation sites is 1. The maximum absolute atomic E-state index is 12.4. The Hall–Kier alpha value is -2.34. The molecular weight excluding hydrogens is 286 g/mol. The number of amides is 2. The van der Waals surface area contributed by atoms with Crippen molar-refractivity contribution in [2.45, 2.75) is 19.9 Å². The summed E-state index contributed by atoms with van der Waals surface area (Å²) in [7, 11) is 0. The zero-order chi connectivity index (χ0) is 15.4. The van der Waals surface area contributed by atoms with Crippen molar-refractivity contribution < 1.29 is 9.59 Å². The van der Waals surface area contributed by atoms with Gasteiger partial charge in [-0.1, -0.05) is 12.1 Å². The number of hydrogen-bond donors (Lipinski definition) is 3. The molecule has 1 heterocycles. The molecule has 0 bridgehead atoms. The molecule has 21 heavy (non-hydrogen) atoms. The monoisotopic (exact) mass is 303 g/mol. The normalized spacial score (nSPS) is 10.4. The first kappa shape index (κ1) is 15.1. The summed E-state index contributed by atoms with van der Waals surface area (Å²) in [4.78, 5) is 23.7. The lowest BCUT2D eigenvalue weighted by Gasteiger charge is -2.14. The van der Waals surface area contributed by atoms with Gasteiger partial charge >= 0.3 is 0 Å². The molecule has 0 atom stereocenters. The van der Waals surface area contributed by atoms with Crippen LogP contribution in [0.1, 0.15) is 34.6 Å². The van der Waals surface area contributed by atoms with E-state index in [0.717, 1.165) is 5.69 Å². The molecule has 1 aromatic carbocycles. The molecule has 2 amide bonds. The highest BCUT2D eigenvalue weighted by atomic mass is 32.1. The molecule has 110 valence electrons. The van der Waals surface area contributed by atoms with Crippen LogP contribution in [-0.2, 0) is 0 Å². The summed E-state index contributed by atoms with van der Waals surface area (Å²) in [6.07, 6.45) is 0. The lowest BCUT2D eigenvalue weighted by Crippen LogP contribution is -2.19. The molecular formula is C15H17N3O2S. The van der Waals surface area contributed by atoms with E-state index < -0.39 is 5.91 Å². The number of hydrogen-bond acceptors (Lipinski definition) is 4. The number of primary amides is 1. The third-order valence-corrected chi connectivity index (χ3v) is 3.60. The molecule has 6 heteroatoms. The molecule has 5 nitrogen and oxygen atoms in total. The van der Waals surface area contributed by atoms with E-state index in [1.165, 1.54) is 11.3 Å². The molecule has 4 N–H and O–H groups in total. The van der Waals surface area contributed by atoms with Crippen molar-refractivity contribution in [3.8, 4) is 0 Å². The first-order valence-corrected chi connectivity index (χ1v) is 7.41. The Kier molecular flexibility index (Phi) is 4.59. The summed E-state index contributed by atoms with van der Waals surface area (Å²) in [5.41, 5.74) is 6.87. The van der Waals surface area contributed by atoms with Crippen molar-refractivity contribution in [2.75, 3.05) is 10.6 Å². The molecule has 0 unspecified atom stereocenters. The Morgan fingerprint density at radius 1 is 1.14 bits per heavy atom. The van der Waals surface area contributed by atoms with Gasteiger partial charge in [-0.3, -0.25) is 9.59 Å². The van der Waals surface area contributed by atoms with Gasteiger partial charge in [0.05, 0.1) is 11.1 Å². The predicted octanol–water partition coefficient (Wildman–Crippen LogP) is 2.92. The Morgan fingerprint density at radius 2 is 1.86 bits per heavy atom. The molecule has 1 aromatic heterocycles. The van der Waals surface area contributed by atoms with Gasteiger partial charge in [0.2, 0.25) is 0 Å². The predicted molar refractivity (Wildman–Crippen MR) is 86.0 cm³/mol. The molecule has 2 aromatic rings. The second kappa shape index (κ2) is 6.41. The van der Waals surface area contributed by atoms with Crippen molar-refractivity contribution in [2.24, 2.45) is 5.73 Å². The SMILES string of the molecule is CC(C)Nc1ccccc1C(=O)Nc1sccc1C(N)=O. The number of thiophene rings is 1. The molecule has 0 spiro atoms. The van der Waals surface area contributed by atoms with Crippen LogP contribution in [0, 0.1) is 0 Å². The fraction of sp³-hybridized carbons (Fsp3) is 0.200. The molecule has 0 aliphatic carbocycles. The van der Waals surface area contributed by atoms with E-state index in [9.17, 15) is 9.59 Å². The Balaban J connectivity index is 2.24. The first-order valence-electron chi connectivity index (χ1n) is 6.53. The van der Waals surface area contributed by atoms with E-state index >= 15 is 0 Å². The minimum Gasteiger partial charge on any atom is -0.382 e. The van der Waals surface area contributed by atoms with Gasteiger partial charge in [0, 0.05) is 11.7 Å². The highest BCUT2D eigenvalue weighted by Gasteiger charge is 2.16. The van der Waals surface area contributed by atoms with Gasteiger partial charge < -0.3 is 16.4 Å². The molecule has 0 radical (unpaired) electrons. The zero-order valence-corrected chi connectivity index (χ0v) is 12.7. The van der Waals surface area contributed by atoms with Crippen LogP contribution in [0.25, 0.3) is 0 Å². The molecule has 2 rings (SSSR count). The zero-order valence-electron chi connectivity index (χ0n) is 11.8. The lowest BCUT2D eigenvalue weighted by molar-refractivity contribution is 0.100. The fourth-order valence-electron chi connectivity index (χ4n) is 1.89. The second-order valence-electron chi connectivity index (χ2n) is 4.83. The van der Waals surface area contributed by atoms with Gasteiger partial charge in [0.15, 0.2) is 0 Å². The topological polar surface area (TPSA) is 84.2 Å². The quantitative estimate of drug-likeness (QED) is 0.794. The first-order chi connectivity index (χ1) is 9.99. The molecule has 0 saturated carbocycles. The van der Waals surface area contributed by atoms with Crippen molar-refractivity contribution in [1.29, 1.82) is 0 Å². The van der Waals surface area contributed by atoms with E-state index in [1.54, 1.807) is 23.6 Å². The minimum absolute atomic E-state index is 0.210. The van der Waals surface area contributed by atoms with Gasteiger partial charge in [0.1, 0.15) is 5.00 Å². The van der Waals surface area contributed by atoms with E-state index in [2.05, 4.69) is 10.6 Å². The van der Waals surface area contributed by atoms with Crippen molar-refractivity contribution in [3.05, 3.63) is 46.8 Å². The molecule has 0 aliphatic rings. The van der Waals surface area contributed by atoms with Crippen LogP contribution < -0.4 is 16.4 Å². The van der Waals surface area contributed by atoms with Gasteiger partial charge in [-0.15, -0.1) is 11.3 Å². The summed E-state index contributed by atoms with van der Waals surface area (Å²) in [5.74, 6) is -0.830. The van der Waals surface area contributed by atoms with Crippen LogP contribution in [0.5, 0.6) is 0 Å². The summed E-state index contributed by atoms with van der Waals surface area (Å²) >= 11 is 1.27. The van der Waals surface area contributed by atoms with Crippen LogP contribution in [-0.4, -0.2) is 17.9 Å². The molecule has 0 aliphatic heterocycles. The third-order valence-electron chi connectivity index (χ3n) is 2.77. The van der Waals surface area contributed by atoms with Gasteiger partial charge in [0.25, 0.3) is 11.8 Å². The van der Waals surface area contributed by atoms with E-state index in [0.29, 0.717) is 16.1 Å². The number of carbonyl (C=O) groups is 2. The third kappa shape index (κ3) is 3.61. The summed E-state index contributed by atoms with van der Waals surface area (Å²) < 4.78 is 0. The lowest BCUT2D eigenvalue weighted by atomic mass is 10.1. The number of carbonyl (C=O) groups excluding carboxylic acids is 2. The average molecular weight is 303 g/mol. The maximum atomic E-state index is 12.4. The molecule has 0 fully saturated rings. The number of rotatable bonds is 5. The van der Waals surface area contributed by atoms with Gasteiger partial charge in [-0.25, -0.2) is 0 Å². The van der Waals surface area contributed by atoms with Crippen molar-refractivity contribution in [1.82, 2.24) is 0 Å². The van der Waals surface area contributed by atoms with Crippen LogP contribution in [0.4, 0.5) is 10.7 Å². The van der Waals surface area contributed by atoms with Crippen molar-refractivity contribution in [3.63, 3.8) is 0 Å². The summed E-state index contributed by atoms with van der Waals surface area (Å²) in [6, 6.07) is 9.05. The summed E-state index contributed by atoms with van der Waals surface area (Å²) in [6.45, 7) is 4.00. The van der Waals surface area contributed by atoms with Gasteiger partial charge in [-0.05, 0) is 37.4 Å². The fourth-order valence-corrected chi connectivity index (χ4v) is 2.68. The van der Waals surface area contributed by atoms with Crippen LogP contribution in [0.15, 0.2) is 35.7 Å². The number of nitrogens with one attached hydrogen (secondary N) is 2. The number of nitrogens with two attached hydrogens (primary N) is 1. The van der Waals surface area contributed by atoms with Crippen LogP contribution in [0.2, 0.25) is 0 Å². The highest BCUT2D eigenvalue weighted by molar-refractivity contribution is 7.14. The highest BCUT2D eigenvalue weighted by Crippen LogP contribution is 2.25. The van der Waals surface area contributed by atoms with E-state index in [-0.39, 0.29) is 11.9 Å². The Labute approximate surface area is 127 Å². The van der Waals surface area contributed by atoms with Crippen molar-refractivity contribution >= 4 is 33.8 Å². The average Bonchev–Trinajstić information content (AvgIpc) is 2.86. The van der Waals surface area contributed by atoms with E-state index in [4.69, 9.17) is 5.73 Å².